The Labute approximate surface area is 159 Å². The number of likely N-dealkylation sites (tertiary alicyclic amines) is 1. The van der Waals surface area contributed by atoms with Crippen molar-refractivity contribution in [2.45, 2.75) is 52.5 Å². The largest absolute Gasteiger partial charge is 0.338 e. The van der Waals surface area contributed by atoms with Gasteiger partial charge >= 0.3 is 0 Å². The minimum atomic E-state index is 0.0214. The second-order valence-corrected chi connectivity index (χ2v) is 7.69. The first-order valence-electron chi connectivity index (χ1n) is 9.59. The molecule has 142 valence electrons. The summed E-state index contributed by atoms with van der Waals surface area (Å²) in [5.74, 6) is 1.56. The third kappa shape index (κ3) is 3.11. The average molecular weight is 366 g/mol. The number of hydrogen-bond donors (Lipinski definition) is 0. The van der Waals surface area contributed by atoms with E-state index in [4.69, 9.17) is 0 Å². The molecule has 0 unspecified atom stereocenters. The van der Waals surface area contributed by atoms with E-state index in [9.17, 15) is 4.79 Å². The van der Waals surface area contributed by atoms with Crippen LogP contribution in [0, 0.1) is 13.8 Å². The van der Waals surface area contributed by atoms with Gasteiger partial charge in [-0.1, -0.05) is 0 Å². The molecule has 1 fully saturated rings. The van der Waals surface area contributed by atoms with Crippen molar-refractivity contribution >= 4 is 11.6 Å². The maximum absolute atomic E-state index is 13.1. The number of aryl methyl sites for hydroxylation is 2. The molecule has 1 aliphatic heterocycles. The van der Waals surface area contributed by atoms with Crippen LogP contribution in [0.25, 0.3) is 5.65 Å². The summed E-state index contributed by atoms with van der Waals surface area (Å²) in [6.07, 6.45) is 7.43. The second-order valence-electron chi connectivity index (χ2n) is 7.69. The Morgan fingerprint density at radius 1 is 1.22 bits per heavy atom. The molecule has 0 bridgehead atoms. The van der Waals surface area contributed by atoms with Gasteiger partial charge in [-0.15, -0.1) is 0 Å². The summed E-state index contributed by atoms with van der Waals surface area (Å²) in [6.45, 7) is 9.73. The van der Waals surface area contributed by atoms with E-state index in [1.165, 1.54) is 0 Å². The highest BCUT2D eigenvalue weighted by Crippen LogP contribution is 2.29. The summed E-state index contributed by atoms with van der Waals surface area (Å²) in [4.78, 5) is 24.1. The SMILES string of the molecule is Cc1cc(C)n2ncc(C(=O)N3CCC(c4nccn4C(C)C)CC3)c2n1. The van der Waals surface area contributed by atoms with E-state index >= 15 is 0 Å². The molecule has 4 rings (SSSR count). The fraction of sp³-hybridized carbons (Fsp3) is 0.500. The quantitative estimate of drug-likeness (QED) is 0.714. The number of amides is 1. The summed E-state index contributed by atoms with van der Waals surface area (Å²) in [6, 6.07) is 2.37. The predicted octanol–water partition coefficient (Wildman–Crippen LogP) is 3.14. The first-order chi connectivity index (χ1) is 13.0. The number of piperidine rings is 1. The molecule has 0 atom stereocenters. The topological polar surface area (TPSA) is 68.3 Å². The standard InChI is InChI=1S/C20H26N6O/c1-13(2)25-10-7-21-18(25)16-5-8-24(9-6-16)20(27)17-12-22-26-15(4)11-14(3)23-19(17)26/h7,10-13,16H,5-6,8-9H2,1-4H3. The van der Waals surface area contributed by atoms with Gasteiger partial charge in [-0.2, -0.15) is 5.10 Å². The fourth-order valence-electron chi connectivity index (χ4n) is 4.01. The van der Waals surface area contributed by atoms with Gasteiger partial charge in [0, 0.05) is 48.8 Å². The monoisotopic (exact) mass is 366 g/mol. The predicted molar refractivity (Wildman–Crippen MR) is 103 cm³/mol. The Hall–Kier alpha value is -2.70. The number of carbonyl (C=O) groups is 1. The van der Waals surface area contributed by atoms with E-state index in [-0.39, 0.29) is 5.91 Å². The van der Waals surface area contributed by atoms with Crippen molar-refractivity contribution in [1.29, 1.82) is 0 Å². The third-order valence-corrected chi connectivity index (χ3v) is 5.41. The van der Waals surface area contributed by atoms with Crippen molar-refractivity contribution in [3.63, 3.8) is 0 Å². The van der Waals surface area contributed by atoms with Gasteiger partial charge < -0.3 is 9.47 Å². The summed E-state index contributed by atoms with van der Waals surface area (Å²) in [5.41, 5.74) is 3.11. The Kier molecular flexibility index (Phi) is 4.45. The van der Waals surface area contributed by atoms with Crippen LogP contribution in [0.3, 0.4) is 0 Å². The first kappa shape index (κ1) is 17.7. The summed E-state index contributed by atoms with van der Waals surface area (Å²) >= 11 is 0. The van der Waals surface area contributed by atoms with E-state index in [2.05, 4.69) is 33.5 Å². The Bertz CT molecular complexity index is 978. The molecule has 27 heavy (non-hydrogen) atoms. The van der Waals surface area contributed by atoms with Crippen molar-refractivity contribution in [2.75, 3.05) is 13.1 Å². The van der Waals surface area contributed by atoms with Crippen LogP contribution in [0.4, 0.5) is 0 Å². The van der Waals surface area contributed by atoms with Crippen LogP contribution < -0.4 is 0 Å². The molecule has 0 radical (unpaired) electrons. The van der Waals surface area contributed by atoms with E-state index < -0.39 is 0 Å². The van der Waals surface area contributed by atoms with Gasteiger partial charge in [0.2, 0.25) is 0 Å². The van der Waals surface area contributed by atoms with Gasteiger partial charge in [0.05, 0.1) is 6.20 Å². The average Bonchev–Trinajstić information content (AvgIpc) is 3.28. The van der Waals surface area contributed by atoms with Gasteiger partial charge in [0.1, 0.15) is 11.4 Å². The minimum absolute atomic E-state index is 0.0214. The van der Waals surface area contributed by atoms with Crippen LogP contribution in [0.2, 0.25) is 0 Å². The smallest absolute Gasteiger partial charge is 0.259 e. The molecule has 7 heteroatoms. The lowest BCUT2D eigenvalue weighted by molar-refractivity contribution is 0.0711. The van der Waals surface area contributed by atoms with Crippen LogP contribution >= 0.6 is 0 Å². The van der Waals surface area contributed by atoms with Gasteiger partial charge in [-0.25, -0.2) is 14.5 Å². The van der Waals surface area contributed by atoms with E-state index in [1.807, 2.05) is 37.2 Å². The van der Waals surface area contributed by atoms with Gasteiger partial charge in [-0.05, 0) is 46.6 Å². The number of carbonyl (C=O) groups excluding carboxylic acids is 1. The van der Waals surface area contributed by atoms with Crippen LogP contribution in [0.1, 0.15) is 66.2 Å². The van der Waals surface area contributed by atoms with Crippen molar-refractivity contribution in [1.82, 2.24) is 29.0 Å². The molecular weight excluding hydrogens is 340 g/mol. The Morgan fingerprint density at radius 2 is 1.96 bits per heavy atom. The molecule has 7 nitrogen and oxygen atoms in total. The summed E-state index contributed by atoms with van der Waals surface area (Å²) in [5, 5.41) is 4.36. The molecule has 0 aliphatic carbocycles. The maximum atomic E-state index is 13.1. The Balaban J connectivity index is 1.52. The van der Waals surface area contributed by atoms with E-state index in [0.29, 0.717) is 23.2 Å². The number of rotatable bonds is 3. The van der Waals surface area contributed by atoms with Crippen molar-refractivity contribution in [3.8, 4) is 0 Å². The van der Waals surface area contributed by atoms with E-state index in [0.717, 1.165) is 43.1 Å². The van der Waals surface area contributed by atoms with Crippen LogP contribution in [0.5, 0.6) is 0 Å². The number of nitrogens with zero attached hydrogens (tertiary/aromatic N) is 6. The highest BCUT2D eigenvalue weighted by molar-refractivity contribution is 5.99. The number of aromatic nitrogens is 5. The zero-order valence-electron chi connectivity index (χ0n) is 16.4. The normalized spacial score (nSPS) is 15.8. The lowest BCUT2D eigenvalue weighted by atomic mass is 9.95. The van der Waals surface area contributed by atoms with Crippen molar-refractivity contribution in [3.05, 3.63) is 47.4 Å². The van der Waals surface area contributed by atoms with E-state index in [1.54, 1.807) is 10.7 Å². The molecular formula is C20H26N6O. The molecule has 0 spiro atoms. The number of hydrogen-bond acceptors (Lipinski definition) is 4. The number of fused-ring (bicyclic) bond motifs is 1. The van der Waals surface area contributed by atoms with Gasteiger partial charge in [0.25, 0.3) is 5.91 Å². The van der Waals surface area contributed by atoms with Crippen LogP contribution in [-0.2, 0) is 0 Å². The van der Waals surface area contributed by atoms with Gasteiger partial charge in [-0.3, -0.25) is 4.79 Å². The molecule has 4 heterocycles. The van der Waals surface area contributed by atoms with Gasteiger partial charge in [0.15, 0.2) is 5.65 Å². The number of imidazole rings is 1. The molecule has 1 amide bonds. The molecule has 1 saturated heterocycles. The molecule has 0 aromatic carbocycles. The zero-order valence-corrected chi connectivity index (χ0v) is 16.4. The van der Waals surface area contributed by atoms with Crippen molar-refractivity contribution < 1.29 is 4.79 Å². The lowest BCUT2D eigenvalue weighted by Gasteiger charge is -2.32. The maximum Gasteiger partial charge on any atom is 0.259 e. The first-order valence-corrected chi connectivity index (χ1v) is 9.59. The third-order valence-electron chi connectivity index (χ3n) is 5.41. The summed E-state index contributed by atoms with van der Waals surface area (Å²) in [7, 11) is 0. The van der Waals surface area contributed by atoms with Crippen LogP contribution in [-0.4, -0.2) is 48.0 Å². The lowest BCUT2D eigenvalue weighted by Crippen LogP contribution is -2.38. The highest BCUT2D eigenvalue weighted by Gasteiger charge is 2.29. The zero-order chi connectivity index (χ0) is 19.1. The van der Waals surface area contributed by atoms with Crippen LogP contribution in [0.15, 0.2) is 24.7 Å². The highest BCUT2D eigenvalue weighted by atomic mass is 16.2. The molecule has 0 saturated carbocycles. The molecule has 3 aromatic heterocycles. The molecule has 0 N–H and O–H groups in total. The summed E-state index contributed by atoms with van der Waals surface area (Å²) < 4.78 is 3.98. The molecule has 1 aliphatic rings. The minimum Gasteiger partial charge on any atom is -0.338 e. The fourth-order valence-corrected chi connectivity index (χ4v) is 4.01. The van der Waals surface area contributed by atoms with Crippen molar-refractivity contribution in [2.24, 2.45) is 0 Å². The second kappa shape index (κ2) is 6.79. The Morgan fingerprint density at radius 3 is 2.67 bits per heavy atom. The molecule has 3 aromatic rings.